The third-order valence-corrected chi connectivity index (χ3v) is 3.91. The van der Waals surface area contributed by atoms with Gasteiger partial charge in [0.15, 0.2) is 0 Å². The lowest BCUT2D eigenvalue weighted by Crippen LogP contribution is -1.95. The lowest BCUT2D eigenvalue weighted by molar-refractivity contribution is 1.18. The van der Waals surface area contributed by atoms with Gasteiger partial charge in [-0.15, -0.1) is 0 Å². The van der Waals surface area contributed by atoms with Crippen LogP contribution in [0.3, 0.4) is 0 Å². The van der Waals surface area contributed by atoms with Crippen molar-refractivity contribution in [2.75, 3.05) is 5.32 Å². The lowest BCUT2D eigenvalue weighted by Gasteiger charge is -2.10. The van der Waals surface area contributed by atoms with Crippen molar-refractivity contribution in [3.63, 3.8) is 0 Å². The van der Waals surface area contributed by atoms with Crippen LogP contribution in [0.25, 0.3) is 10.8 Å². The summed E-state index contributed by atoms with van der Waals surface area (Å²) in [6, 6.07) is 18.5. The summed E-state index contributed by atoms with van der Waals surface area (Å²) < 4.78 is 1.02. The maximum Gasteiger partial charge on any atom is 0.130 e. The SMILES string of the molecule is Cc1nc(Nc2cccc3ccccc23)ccc1Br. The fourth-order valence-corrected chi connectivity index (χ4v) is 2.31. The predicted octanol–water partition coefficient (Wildman–Crippen LogP) is 5.05. The fraction of sp³-hybridized carbons (Fsp3) is 0.0625. The summed E-state index contributed by atoms with van der Waals surface area (Å²) in [7, 11) is 0. The molecule has 0 aliphatic heterocycles. The highest BCUT2D eigenvalue weighted by Crippen LogP contribution is 2.26. The van der Waals surface area contributed by atoms with Crippen molar-refractivity contribution in [2.45, 2.75) is 6.92 Å². The van der Waals surface area contributed by atoms with Gasteiger partial charge in [-0.1, -0.05) is 36.4 Å². The van der Waals surface area contributed by atoms with Gasteiger partial charge in [-0.05, 0) is 46.4 Å². The Hall–Kier alpha value is -1.87. The van der Waals surface area contributed by atoms with Gasteiger partial charge in [0.1, 0.15) is 5.82 Å². The Morgan fingerprint density at radius 3 is 2.58 bits per heavy atom. The molecule has 1 aromatic heterocycles. The summed E-state index contributed by atoms with van der Waals surface area (Å²) in [6.45, 7) is 1.98. The molecule has 0 bridgehead atoms. The van der Waals surface area contributed by atoms with Crippen molar-refractivity contribution >= 4 is 38.2 Å². The summed E-state index contributed by atoms with van der Waals surface area (Å²) in [4.78, 5) is 4.52. The van der Waals surface area contributed by atoms with Crippen molar-refractivity contribution in [3.05, 3.63) is 64.8 Å². The first-order valence-corrected chi connectivity index (χ1v) is 6.91. The molecule has 0 unspecified atom stereocenters. The zero-order valence-corrected chi connectivity index (χ0v) is 12.1. The van der Waals surface area contributed by atoms with Crippen molar-refractivity contribution in [1.29, 1.82) is 0 Å². The average molecular weight is 313 g/mol. The highest BCUT2D eigenvalue weighted by molar-refractivity contribution is 9.10. The Labute approximate surface area is 120 Å². The summed E-state index contributed by atoms with van der Waals surface area (Å²) in [5, 5.41) is 5.81. The zero-order chi connectivity index (χ0) is 13.2. The summed E-state index contributed by atoms with van der Waals surface area (Å²) in [5.41, 5.74) is 2.05. The molecule has 2 aromatic carbocycles. The van der Waals surface area contributed by atoms with Gasteiger partial charge >= 0.3 is 0 Å². The van der Waals surface area contributed by atoms with Crippen molar-refractivity contribution in [3.8, 4) is 0 Å². The molecule has 1 N–H and O–H groups in total. The number of aryl methyl sites for hydroxylation is 1. The molecule has 0 aliphatic carbocycles. The van der Waals surface area contributed by atoms with E-state index in [9.17, 15) is 0 Å². The molecule has 3 heteroatoms. The van der Waals surface area contributed by atoms with E-state index in [1.807, 2.05) is 31.2 Å². The van der Waals surface area contributed by atoms with Gasteiger partial charge in [0.05, 0.1) is 5.69 Å². The molecule has 0 atom stereocenters. The van der Waals surface area contributed by atoms with E-state index in [1.54, 1.807) is 0 Å². The third kappa shape index (κ3) is 2.47. The molecule has 0 spiro atoms. The van der Waals surface area contributed by atoms with E-state index >= 15 is 0 Å². The second-order valence-corrected chi connectivity index (χ2v) is 5.27. The number of aromatic nitrogens is 1. The zero-order valence-electron chi connectivity index (χ0n) is 10.5. The normalized spacial score (nSPS) is 10.6. The quantitative estimate of drug-likeness (QED) is 0.716. The van der Waals surface area contributed by atoms with E-state index in [-0.39, 0.29) is 0 Å². The van der Waals surface area contributed by atoms with E-state index < -0.39 is 0 Å². The van der Waals surface area contributed by atoms with Crippen LogP contribution in [-0.2, 0) is 0 Å². The Kier molecular flexibility index (Phi) is 3.22. The maximum atomic E-state index is 4.52. The molecular weight excluding hydrogens is 300 g/mol. The Bertz CT molecular complexity index is 732. The van der Waals surface area contributed by atoms with Gasteiger partial charge in [0.2, 0.25) is 0 Å². The molecule has 0 saturated heterocycles. The second kappa shape index (κ2) is 5.02. The van der Waals surface area contributed by atoms with E-state index in [0.29, 0.717) is 0 Å². The smallest absolute Gasteiger partial charge is 0.130 e. The van der Waals surface area contributed by atoms with Crippen LogP contribution in [0, 0.1) is 6.92 Å². The molecule has 94 valence electrons. The number of hydrogen-bond donors (Lipinski definition) is 1. The van der Waals surface area contributed by atoms with Crippen LogP contribution in [0.1, 0.15) is 5.69 Å². The molecule has 0 aliphatic rings. The van der Waals surface area contributed by atoms with E-state index in [1.165, 1.54) is 10.8 Å². The van der Waals surface area contributed by atoms with Gasteiger partial charge < -0.3 is 5.32 Å². The first kappa shape index (κ1) is 12.2. The first-order chi connectivity index (χ1) is 9.24. The number of benzene rings is 2. The minimum absolute atomic E-state index is 0.858. The number of nitrogens with one attached hydrogen (secondary N) is 1. The topological polar surface area (TPSA) is 24.9 Å². The van der Waals surface area contributed by atoms with Crippen molar-refractivity contribution < 1.29 is 0 Å². The first-order valence-electron chi connectivity index (χ1n) is 6.12. The minimum atomic E-state index is 0.858. The summed E-state index contributed by atoms with van der Waals surface area (Å²) >= 11 is 3.46. The van der Waals surface area contributed by atoms with Gasteiger partial charge in [-0.25, -0.2) is 4.98 Å². The highest BCUT2D eigenvalue weighted by atomic mass is 79.9. The average Bonchev–Trinajstić information content (AvgIpc) is 2.43. The number of anilines is 2. The molecule has 0 fully saturated rings. The number of hydrogen-bond acceptors (Lipinski definition) is 2. The predicted molar refractivity (Wildman–Crippen MR) is 83.9 cm³/mol. The number of nitrogens with zero attached hydrogens (tertiary/aromatic N) is 1. The van der Waals surface area contributed by atoms with Crippen LogP contribution in [0.5, 0.6) is 0 Å². The Morgan fingerprint density at radius 2 is 1.74 bits per heavy atom. The Morgan fingerprint density at radius 1 is 0.947 bits per heavy atom. The van der Waals surface area contributed by atoms with Crippen LogP contribution in [-0.4, -0.2) is 4.98 Å². The van der Waals surface area contributed by atoms with Gasteiger partial charge in [-0.3, -0.25) is 0 Å². The van der Waals surface area contributed by atoms with Crippen molar-refractivity contribution in [1.82, 2.24) is 4.98 Å². The molecule has 3 rings (SSSR count). The number of halogens is 1. The number of pyridine rings is 1. The monoisotopic (exact) mass is 312 g/mol. The van der Waals surface area contributed by atoms with Crippen LogP contribution in [0.4, 0.5) is 11.5 Å². The van der Waals surface area contributed by atoms with Crippen molar-refractivity contribution in [2.24, 2.45) is 0 Å². The molecule has 19 heavy (non-hydrogen) atoms. The molecule has 2 nitrogen and oxygen atoms in total. The number of fused-ring (bicyclic) bond motifs is 1. The largest absolute Gasteiger partial charge is 0.340 e. The molecule has 1 heterocycles. The fourth-order valence-electron chi connectivity index (χ4n) is 2.09. The van der Waals surface area contributed by atoms with Gasteiger partial charge in [0, 0.05) is 15.5 Å². The van der Waals surface area contributed by atoms with Crippen LogP contribution < -0.4 is 5.32 Å². The molecule has 0 amide bonds. The summed E-state index contributed by atoms with van der Waals surface area (Å²) in [5.74, 6) is 0.858. The molecule has 0 radical (unpaired) electrons. The minimum Gasteiger partial charge on any atom is -0.340 e. The van der Waals surface area contributed by atoms with E-state index in [0.717, 1.165) is 21.7 Å². The molecule has 0 saturated carbocycles. The second-order valence-electron chi connectivity index (χ2n) is 4.42. The van der Waals surface area contributed by atoms with E-state index in [4.69, 9.17) is 0 Å². The molecule has 3 aromatic rings. The highest BCUT2D eigenvalue weighted by Gasteiger charge is 2.03. The number of rotatable bonds is 2. The lowest BCUT2D eigenvalue weighted by atomic mass is 10.1. The van der Waals surface area contributed by atoms with E-state index in [2.05, 4.69) is 56.6 Å². The van der Waals surface area contributed by atoms with Gasteiger partial charge in [-0.2, -0.15) is 0 Å². The third-order valence-electron chi connectivity index (χ3n) is 3.07. The van der Waals surface area contributed by atoms with Crippen LogP contribution >= 0.6 is 15.9 Å². The standard InChI is InChI=1S/C16H13BrN2/c1-11-14(17)9-10-16(18-11)19-15-8-4-6-12-5-2-3-7-13(12)15/h2-10H,1H3,(H,18,19). The maximum absolute atomic E-state index is 4.52. The summed E-state index contributed by atoms with van der Waals surface area (Å²) in [6.07, 6.45) is 0. The molecular formula is C16H13BrN2. The van der Waals surface area contributed by atoms with Gasteiger partial charge in [0.25, 0.3) is 0 Å². The Balaban J connectivity index is 2.03. The van der Waals surface area contributed by atoms with Crippen LogP contribution in [0.15, 0.2) is 59.1 Å². The van der Waals surface area contributed by atoms with Crippen LogP contribution in [0.2, 0.25) is 0 Å².